The molecule has 0 atom stereocenters. The van der Waals surface area contributed by atoms with E-state index >= 15 is 0 Å². The van der Waals surface area contributed by atoms with Crippen LogP contribution in [0.5, 0.6) is 11.5 Å². The number of hydrogen-bond donors (Lipinski definition) is 2. The quantitative estimate of drug-likeness (QED) is 0.881. The van der Waals surface area contributed by atoms with Crippen LogP contribution in [0.25, 0.3) is 0 Å². The molecular formula is C15H16ClNO2. The Balaban J connectivity index is 2.10. The lowest BCUT2D eigenvalue weighted by Crippen LogP contribution is -2.08. The molecule has 0 spiro atoms. The van der Waals surface area contributed by atoms with Gasteiger partial charge in [0.25, 0.3) is 0 Å². The lowest BCUT2D eigenvalue weighted by molar-refractivity contribution is 0.302. The molecule has 2 aromatic rings. The van der Waals surface area contributed by atoms with E-state index in [2.05, 4.69) is 5.32 Å². The van der Waals surface area contributed by atoms with Crippen molar-refractivity contribution < 1.29 is 9.84 Å². The van der Waals surface area contributed by atoms with Gasteiger partial charge in [-0.25, -0.2) is 0 Å². The Bertz CT molecular complexity index is 540. The molecule has 3 nitrogen and oxygen atoms in total. The van der Waals surface area contributed by atoms with Crippen LogP contribution >= 0.6 is 11.6 Å². The number of ether oxygens (including phenoxy) is 1. The van der Waals surface area contributed by atoms with Crippen molar-refractivity contribution in [3.8, 4) is 11.5 Å². The number of nitrogens with one attached hydrogen (secondary N) is 1. The van der Waals surface area contributed by atoms with Gasteiger partial charge >= 0.3 is 0 Å². The topological polar surface area (TPSA) is 41.5 Å². The second-order valence-electron chi connectivity index (χ2n) is 4.20. The second-order valence-corrected chi connectivity index (χ2v) is 4.61. The maximum atomic E-state index is 9.23. The van der Waals surface area contributed by atoms with Gasteiger partial charge in [-0.2, -0.15) is 0 Å². The minimum atomic E-state index is 0.252. The molecule has 0 unspecified atom stereocenters. The molecule has 100 valence electrons. The van der Waals surface area contributed by atoms with Crippen LogP contribution in [0.1, 0.15) is 11.1 Å². The maximum absolute atomic E-state index is 9.23. The average Bonchev–Trinajstić information content (AvgIpc) is 2.41. The first kappa shape index (κ1) is 13.7. The molecule has 0 saturated carbocycles. The van der Waals surface area contributed by atoms with Gasteiger partial charge < -0.3 is 15.2 Å². The summed E-state index contributed by atoms with van der Waals surface area (Å²) in [7, 11) is 1.87. The van der Waals surface area contributed by atoms with Gasteiger partial charge in [0, 0.05) is 17.1 Å². The van der Waals surface area contributed by atoms with Crippen LogP contribution in [0.2, 0.25) is 5.02 Å². The zero-order valence-corrected chi connectivity index (χ0v) is 11.4. The minimum absolute atomic E-state index is 0.252. The van der Waals surface area contributed by atoms with E-state index in [9.17, 15) is 5.11 Å². The fourth-order valence-corrected chi connectivity index (χ4v) is 2.01. The van der Waals surface area contributed by atoms with E-state index in [1.54, 1.807) is 12.1 Å². The minimum Gasteiger partial charge on any atom is -0.508 e. The molecule has 0 heterocycles. The summed E-state index contributed by atoms with van der Waals surface area (Å²) >= 11 is 6.16. The van der Waals surface area contributed by atoms with Gasteiger partial charge in [0.15, 0.2) is 0 Å². The lowest BCUT2D eigenvalue weighted by atomic mass is 10.2. The third-order valence-corrected chi connectivity index (χ3v) is 3.11. The van der Waals surface area contributed by atoms with Gasteiger partial charge in [0.1, 0.15) is 18.1 Å². The van der Waals surface area contributed by atoms with E-state index in [0.717, 1.165) is 16.9 Å². The monoisotopic (exact) mass is 277 g/mol. The van der Waals surface area contributed by atoms with Crippen LogP contribution in [0.3, 0.4) is 0 Å². The van der Waals surface area contributed by atoms with E-state index in [1.807, 2.05) is 37.4 Å². The van der Waals surface area contributed by atoms with E-state index in [1.165, 1.54) is 0 Å². The summed E-state index contributed by atoms with van der Waals surface area (Å²) in [5.74, 6) is 1.03. The van der Waals surface area contributed by atoms with Crippen LogP contribution in [-0.4, -0.2) is 12.2 Å². The number of phenols is 1. The fourth-order valence-electron chi connectivity index (χ4n) is 1.78. The highest BCUT2D eigenvalue weighted by molar-refractivity contribution is 6.31. The Morgan fingerprint density at radius 2 is 1.89 bits per heavy atom. The number of benzene rings is 2. The molecule has 4 heteroatoms. The van der Waals surface area contributed by atoms with Crippen LogP contribution in [-0.2, 0) is 13.2 Å². The largest absolute Gasteiger partial charge is 0.508 e. The molecule has 2 aromatic carbocycles. The highest BCUT2D eigenvalue weighted by Gasteiger charge is 2.07. The molecule has 0 aliphatic heterocycles. The van der Waals surface area contributed by atoms with Crippen molar-refractivity contribution in [1.29, 1.82) is 0 Å². The molecule has 19 heavy (non-hydrogen) atoms. The average molecular weight is 278 g/mol. The molecule has 0 saturated heterocycles. The zero-order valence-electron chi connectivity index (χ0n) is 10.7. The number of phenolic OH excluding ortho intramolecular Hbond substituents is 1. The van der Waals surface area contributed by atoms with Crippen LogP contribution < -0.4 is 10.1 Å². The maximum Gasteiger partial charge on any atom is 0.125 e. The highest BCUT2D eigenvalue weighted by atomic mass is 35.5. The normalized spacial score (nSPS) is 10.4. The van der Waals surface area contributed by atoms with E-state index in [-0.39, 0.29) is 5.75 Å². The Morgan fingerprint density at radius 3 is 2.58 bits per heavy atom. The molecule has 0 radical (unpaired) electrons. The third kappa shape index (κ3) is 3.63. The first-order valence-corrected chi connectivity index (χ1v) is 6.41. The highest BCUT2D eigenvalue weighted by Crippen LogP contribution is 2.27. The summed E-state index contributed by atoms with van der Waals surface area (Å²) in [5.41, 5.74) is 1.94. The molecule has 0 bridgehead atoms. The van der Waals surface area contributed by atoms with E-state index < -0.39 is 0 Å². The Labute approximate surface area is 117 Å². The fraction of sp³-hybridized carbons (Fsp3) is 0.200. The third-order valence-electron chi connectivity index (χ3n) is 2.76. The Hall–Kier alpha value is -1.71. The number of halogens is 1. The van der Waals surface area contributed by atoms with Gasteiger partial charge in [0.05, 0.1) is 0 Å². The van der Waals surface area contributed by atoms with Gasteiger partial charge in [0.2, 0.25) is 0 Å². The predicted octanol–water partition coefficient (Wildman–Crippen LogP) is 3.34. The number of hydrogen-bond acceptors (Lipinski definition) is 3. The summed E-state index contributed by atoms with van der Waals surface area (Å²) in [5, 5.41) is 13.0. The van der Waals surface area contributed by atoms with Gasteiger partial charge in [-0.1, -0.05) is 29.8 Å². The molecule has 0 amide bonds. The van der Waals surface area contributed by atoms with Crippen molar-refractivity contribution in [3.05, 3.63) is 58.6 Å². The molecule has 0 aliphatic carbocycles. The predicted molar refractivity (Wildman–Crippen MR) is 76.7 cm³/mol. The summed E-state index contributed by atoms with van der Waals surface area (Å²) in [4.78, 5) is 0. The van der Waals surface area contributed by atoms with Crippen molar-refractivity contribution >= 4 is 11.6 Å². The van der Waals surface area contributed by atoms with Gasteiger partial charge in [-0.3, -0.25) is 0 Å². The molecule has 2 rings (SSSR count). The molecular weight excluding hydrogens is 262 g/mol. The van der Waals surface area contributed by atoms with Crippen molar-refractivity contribution in [2.75, 3.05) is 7.05 Å². The number of rotatable bonds is 5. The van der Waals surface area contributed by atoms with Crippen LogP contribution in [0.15, 0.2) is 42.5 Å². The second kappa shape index (κ2) is 6.45. The summed E-state index contributed by atoms with van der Waals surface area (Å²) in [6.07, 6.45) is 0. The SMILES string of the molecule is CNCc1c(Cl)cccc1OCc1ccc(O)cc1. The van der Waals surface area contributed by atoms with E-state index in [0.29, 0.717) is 18.2 Å². The first-order chi connectivity index (χ1) is 9.20. The summed E-state index contributed by atoms with van der Waals surface area (Å²) < 4.78 is 5.79. The molecule has 2 N–H and O–H groups in total. The Kier molecular flexibility index (Phi) is 4.66. The van der Waals surface area contributed by atoms with Crippen molar-refractivity contribution in [1.82, 2.24) is 5.32 Å². The van der Waals surface area contributed by atoms with Crippen molar-refractivity contribution in [2.45, 2.75) is 13.2 Å². The summed E-state index contributed by atoms with van der Waals surface area (Å²) in [6, 6.07) is 12.6. The molecule has 0 aliphatic rings. The van der Waals surface area contributed by atoms with Crippen LogP contribution in [0.4, 0.5) is 0 Å². The lowest BCUT2D eigenvalue weighted by Gasteiger charge is -2.12. The molecule has 0 fully saturated rings. The molecule has 0 aromatic heterocycles. The van der Waals surface area contributed by atoms with Crippen molar-refractivity contribution in [3.63, 3.8) is 0 Å². The Morgan fingerprint density at radius 1 is 1.16 bits per heavy atom. The van der Waals surface area contributed by atoms with Gasteiger partial charge in [-0.05, 0) is 36.9 Å². The van der Waals surface area contributed by atoms with E-state index in [4.69, 9.17) is 16.3 Å². The summed E-state index contributed by atoms with van der Waals surface area (Å²) in [6.45, 7) is 1.10. The van der Waals surface area contributed by atoms with Gasteiger partial charge in [-0.15, -0.1) is 0 Å². The smallest absolute Gasteiger partial charge is 0.125 e. The number of aromatic hydroxyl groups is 1. The first-order valence-electron chi connectivity index (χ1n) is 6.03. The van der Waals surface area contributed by atoms with Crippen molar-refractivity contribution in [2.24, 2.45) is 0 Å². The van der Waals surface area contributed by atoms with Crippen LogP contribution in [0, 0.1) is 0 Å². The standard InChI is InChI=1S/C15H16ClNO2/c1-17-9-13-14(16)3-2-4-15(13)19-10-11-5-7-12(18)8-6-11/h2-8,17-18H,9-10H2,1H3. The zero-order chi connectivity index (χ0) is 13.7.